The molecular weight excluding hydrogens is 390 g/mol. The number of rotatable bonds is 7. The molecule has 0 aliphatic rings. The van der Waals surface area contributed by atoms with Crippen LogP contribution in [0.2, 0.25) is 0 Å². The number of halogens is 1. The zero-order valence-corrected chi connectivity index (χ0v) is 17.4. The third-order valence-corrected chi connectivity index (χ3v) is 5.72. The van der Waals surface area contributed by atoms with Crippen LogP contribution in [-0.4, -0.2) is 50.1 Å². The molecule has 0 bridgehead atoms. The monoisotopic (exact) mass is 411 g/mol. The smallest absolute Gasteiger partial charge is 0.234 e. The van der Waals surface area contributed by atoms with Gasteiger partial charge in [-0.25, -0.2) is 4.98 Å². The molecule has 0 radical (unpaired) electrons. The van der Waals surface area contributed by atoms with Crippen molar-refractivity contribution in [3.8, 4) is 5.75 Å². The Bertz CT molecular complexity index is 849. The topological polar surface area (TPSA) is 45.7 Å². The summed E-state index contributed by atoms with van der Waals surface area (Å²) in [6, 6.07) is 9.81. The van der Waals surface area contributed by atoms with Gasteiger partial charge in [0.1, 0.15) is 11.3 Å². The van der Waals surface area contributed by atoms with Crippen molar-refractivity contribution in [3.05, 3.63) is 40.6 Å². The average molecular weight is 412 g/mol. The average Bonchev–Trinajstić information content (AvgIpc) is 3.23. The third-order valence-electron chi connectivity index (χ3n) is 3.80. The Labute approximate surface area is 167 Å². The quantitative estimate of drug-likeness (QED) is 0.591. The van der Waals surface area contributed by atoms with E-state index in [-0.39, 0.29) is 18.3 Å². The lowest BCUT2D eigenvalue weighted by molar-refractivity contribution is -0.118. The van der Waals surface area contributed by atoms with Crippen LogP contribution in [0.1, 0.15) is 4.88 Å². The molecule has 0 saturated heterocycles. The van der Waals surface area contributed by atoms with Crippen molar-refractivity contribution in [1.29, 1.82) is 0 Å². The molecule has 8 heteroatoms. The summed E-state index contributed by atoms with van der Waals surface area (Å²) in [5.74, 6) is 0.806. The SMILES string of the molecule is COc1cccc2sc(N(CCN(C)C)C(=O)Cc3cccs3)nc12.Cl. The molecule has 1 amide bonds. The molecule has 0 fully saturated rings. The number of hydrogen-bond acceptors (Lipinski definition) is 6. The van der Waals surface area contributed by atoms with Gasteiger partial charge in [-0.2, -0.15) is 0 Å². The second-order valence-corrected chi connectivity index (χ2v) is 7.95. The van der Waals surface area contributed by atoms with E-state index in [0.717, 1.165) is 32.5 Å². The van der Waals surface area contributed by atoms with Gasteiger partial charge < -0.3 is 9.64 Å². The summed E-state index contributed by atoms with van der Waals surface area (Å²) in [7, 11) is 5.64. The van der Waals surface area contributed by atoms with E-state index >= 15 is 0 Å². The Morgan fingerprint density at radius 2 is 2.00 bits per heavy atom. The fourth-order valence-electron chi connectivity index (χ4n) is 2.48. The molecule has 0 saturated carbocycles. The summed E-state index contributed by atoms with van der Waals surface area (Å²) in [6.45, 7) is 1.39. The fraction of sp³-hybridized carbons (Fsp3) is 0.333. The van der Waals surface area contributed by atoms with Crippen molar-refractivity contribution in [2.45, 2.75) is 6.42 Å². The van der Waals surface area contributed by atoms with E-state index in [1.807, 2.05) is 49.8 Å². The number of ether oxygens (including phenoxy) is 1. The number of hydrogen-bond donors (Lipinski definition) is 0. The van der Waals surface area contributed by atoms with E-state index in [1.54, 1.807) is 23.3 Å². The molecule has 1 aromatic carbocycles. The maximum atomic E-state index is 12.9. The highest BCUT2D eigenvalue weighted by Crippen LogP contribution is 2.34. The number of carbonyl (C=O) groups excluding carboxylic acids is 1. The predicted molar refractivity (Wildman–Crippen MR) is 112 cm³/mol. The van der Waals surface area contributed by atoms with Crippen LogP contribution in [0.5, 0.6) is 5.75 Å². The summed E-state index contributed by atoms with van der Waals surface area (Å²) in [5, 5.41) is 2.72. The second kappa shape index (κ2) is 9.32. The Balaban J connectivity index is 0.00000243. The Hall–Kier alpha value is -1.67. The minimum Gasteiger partial charge on any atom is -0.494 e. The van der Waals surface area contributed by atoms with Gasteiger partial charge in [0.05, 0.1) is 18.2 Å². The van der Waals surface area contributed by atoms with Crippen molar-refractivity contribution >= 4 is 56.3 Å². The summed E-state index contributed by atoms with van der Waals surface area (Å²) in [4.78, 5) is 22.5. The summed E-state index contributed by atoms with van der Waals surface area (Å²) >= 11 is 3.13. The normalized spacial score (nSPS) is 10.8. The zero-order valence-electron chi connectivity index (χ0n) is 15.0. The number of para-hydroxylation sites is 1. The summed E-state index contributed by atoms with van der Waals surface area (Å²) < 4.78 is 6.42. The van der Waals surface area contributed by atoms with Gasteiger partial charge in [0, 0.05) is 18.0 Å². The molecule has 0 aliphatic heterocycles. The lowest BCUT2D eigenvalue weighted by atomic mass is 10.3. The molecule has 2 heterocycles. The highest BCUT2D eigenvalue weighted by Gasteiger charge is 2.21. The highest BCUT2D eigenvalue weighted by molar-refractivity contribution is 7.22. The maximum Gasteiger partial charge on any atom is 0.234 e. The molecule has 5 nitrogen and oxygen atoms in total. The number of benzene rings is 1. The van der Waals surface area contributed by atoms with Gasteiger partial charge in [0.2, 0.25) is 5.91 Å². The predicted octanol–water partition coefficient (Wildman–Crippen LogP) is 3.93. The Kier molecular flexibility index (Phi) is 7.40. The minimum atomic E-state index is 0. The minimum absolute atomic E-state index is 0. The van der Waals surface area contributed by atoms with Crippen molar-refractivity contribution in [1.82, 2.24) is 9.88 Å². The van der Waals surface area contributed by atoms with E-state index < -0.39 is 0 Å². The van der Waals surface area contributed by atoms with E-state index in [2.05, 4.69) is 4.90 Å². The van der Waals surface area contributed by atoms with Crippen LogP contribution >= 0.6 is 35.1 Å². The number of methoxy groups -OCH3 is 1. The van der Waals surface area contributed by atoms with E-state index in [4.69, 9.17) is 9.72 Å². The first-order valence-electron chi connectivity index (χ1n) is 7.99. The van der Waals surface area contributed by atoms with Gasteiger partial charge in [-0.15, -0.1) is 23.7 Å². The fourth-order valence-corrected chi connectivity index (χ4v) is 4.20. The number of amides is 1. The van der Waals surface area contributed by atoms with Gasteiger partial charge in [-0.3, -0.25) is 9.69 Å². The largest absolute Gasteiger partial charge is 0.494 e. The molecule has 0 N–H and O–H groups in total. The van der Waals surface area contributed by atoms with Crippen LogP contribution in [-0.2, 0) is 11.2 Å². The standard InChI is InChI=1S/C18H21N3O2S2.ClH/c1-20(2)9-10-21(16(22)12-13-6-5-11-24-13)18-19-17-14(23-3)7-4-8-15(17)25-18;/h4-8,11H,9-10,12H2,1-3H3;1H. The van der Waals surface area contributed by atoms with Crippen molar-refractivity contribution in [2.75, 3.05) is 39.2 Å². The number of thiazole rings is 1. The first-order chi connectivity index (χ1) is 12.1. The van der Waals surface area contributed by atoms with E-state index in [9.17, 15) is 4.79 Å². The van der Waals surface area contributed by atoms with Gasteiger partial charge in [-0.05, 0) is 37.7 Å². The first-order valence-corrected chi connectivity index (χ1v) is 9.69. The van der Waals surface area contributed by atoms with Gasteiger partial charge >= 0.3 is 0 Å². The second-order valence-electron chi connectivity index (χ2n) is 5.91. The van der Waals surface area contributed by atoms with Crippen molar-refractivity contribution < 1.29 is 9.53 Å². The number of fused-ring (bicyclic) bond motifs is 1. The number of anilines is 1. The van der Waals surface area contributed by atoms with Crippen molar-refractivity contribution in [3.63, 3.8) is 0 Å². The van der Waals surface area contributed by atoms with Crippen LogP contribution in [0.25, 0.3) is 10.2 Å². The maximum absolute atomic E-state index is 12.9. The Morgan fingerprint density at radius 1 is 1.19 bits per heavy atom. The first kappa shape index (κ1) is 20.6. The molecule has 2 aromatic heterocycles. The van der Waals surface area contributed by atoms with Crippen LogP contribution in [0.15, 0.2) is 35.7 Å². The number of thiophene rings is 1. The lowest BCUT2D eigenvalue weighted by Gasteiger charge is -2.21. The van der Waals surface area contributed by atoms with E-state index in [1.165, 1.54) is 11.3 Å². The molecule has 3 rings (SSSR count). The molecule has 0 atom stereocenters. The van der Waals surface area contributed by atoms with Crippen LogP contribution in [0.3, 0.4) is 0 Å². The van der Waals surface area contributed by atoms with E-state index in [0.29, 0.717) is 13.0 Å². The van der Waals surface area contributed by atoms with Gasteiger partial charge in [0.25, 0.3) is 0 Å². The molecule has 0 spiro atoms. The molecule has 0 unspecified atom stereocenters. The highest BCUT2D eigenvalue weighted by atomic mass is 35.5. The molecule has 0 aliphatic carbocycles. The van der Waals surface area contributed by atoms with Crippen molar-refractivity contribution in [2.24, 2.45) is 0 Å². The third kappa shape index (κ3) is 4.73. The van der Waals surface area contributed by atoms with Crippen LogP contribution in [0.4, 0.5) is 5.13 Å². The number of aromatic nitrogens is 1. The lowest BCUT2D eigenvalue weighted by Crippen LogP contribution is -2.37. The summed E-state index contributed by atoms with van der Waals surface area (Å²) in [6.07, 6.45) is 0.401. The Morgan fingerprint density at radius 3 is 2.65 bits per heavy atom. The van der Waals surface area contributed by atoms with Crippen LogP contribution < -0.4 is 9.64 Å². The number of nitrogens with zero attached hydrogens (tertiary/aromatic N) is 3. The molecule has 3 aromatic rings. The van der Waals surface area contributed by atoms with Crippen LogP contribution in [0, 0.1) is 0 Å². The molecule has 26 heavy (non-hydrogen) atoms. The number of carbonyl (C=O) groups is 1. The summed E-state index contributed by atoms with van der Waals surface area (Å²) in [5.41, 5.74) is 0.809. The molecular formula is C18H22ClN3O2S2. The van der Waals surface area contributed by atoms with Gasteiger partial charge in [-0.1, -0.05) is 23.5 Å². The number of likely N-dealkylation sites (N-methyl/N-ethyl adjacent to an activating group) is 1. The molecule has 140 valence electrons. The zero-order chi connectivity index (χ0) is 17.8. The van der Waals surface area contributed by atoms with Gasteiger partial charge in [0.15, 0.2) is 5.13 Å².